The molecule has 0 radical (unpaired) electrons. The molecule has 0 aliphatic heterocycles. The molecule has 0 aliphatic carbocycles. The SMILES string of the molecule is COCCn1c(=NC(=O)c2cc(C)nn2C)sc2c(OC)ccc(OC)c21. The van der Waals surface area contributed by atoms with Crippen LogP contribution in [0, 0.1) is 6.92 Å². The molecule has 2 aromatic heterocycles. The Kier molecular flexibility index (Phi) is 5.62. The first-order valence-corrected chi connectivity index (χ1v) is 9.14. The zero-order valence-corrected chi connectivity index (χ0v) is 16.8. The molecule has 1 aromatic carbocycles. The second kappa shape index (κ2) is 7.93. The summed E-state index contributed by atoms with van der Waals surface area (Å²) in [6.45, 7) is 2.83. The van der Waals surface area contributed by atoms with Crippen molar-refractivity contribution in [2.75, 3.05) is 27.9 Å². The van der Waals surface area contributed by atoms with Gasteiger partial charge in [-0.2, -0.15) is 10.1 Å². The highest BCUT2D eigenvalue weighted by atomic mass is 32.1. The van der Waals surface area contributed by atoms with Gasteiger partial charge in [-0.25, -0.2) is 0 Å². The summed E-state index contributed by atoms with van der Waals surface area (Å²) in [5.74, 6) is 1.03. The van der Waals surface area contributed by atoms with E-state index in [1.54, 1.807) is 34.4 Å². The van der Waals surface area contributed by atoms with E-state index < -0.39 is 0 Å². The van der Waals surface area contributed by atoms with Crippen LogP contribution < -0.4 is 14.3 Å². The van der Waals surface area contributed by atoms with Gasteiger partial charge < -0.3 is 18.8 Å². The number of thiazole rings is 1. The van der Waals surface area contributed by atoms with E-state index in [2.05, 4.69) is 10.1 Å². The number of aromatic nitrogens is 3. The summed E-state index contributed by atoms with van der Waals surface area (Å²) in [5.41, 5.74) is 2.02. The molecule has 9 heteroatoms. The van der Waals surface area contributed by atoms with Gasteiger partial charge in [0, 0.05) is 20.7 Å². The number of carbonyl (C=O) groups is 1. The number of hydrogen-bond donors (Lipinski definition) is 0. The number of amides is 1. The number of hydrogen-bond acceptors (Lipinski definition) is 6. The van der Waals surface area contributed by atoms with Crippen molar-refractivity contribution < 1.29 is 19.0 Å². The lowest BCUT2D eigenvalue weighted by atomic mass is 10.3. The van der Waals surface area contributed by atoms with Crippen molar-refractivity contribution in [3.8, 4) is 11.5 Å². The summed E-state index contributed by atoms with van der Waals surface area (Å²) >= 11 is 1.38. The van der Waals surface area contributed by atoms with Gasteiger partial charge in [0.25, 0.3) is 5.91 Å². The fraction of sp³-hybridized carbons (Fsp3) is 0.389. The van der Waals surface area contributed by atoms with E-state index >= 15 is 0 Å². The van der Waals surface area contributed by atoms with Gasteiger partial charge in [0.1, 0.15) is 27.4 Å². The van der Waals surface area contributed by atoms with Crippen LogP contribution in [0.2, 0.25) is 0 Å². The number of rotatable bonds is 6. The summed E-state index contributed by atoms with van der Waals surface area (Å²) in [6, 6.07) is 5.40. The van der Waals surface area contributed by atoms with Gasteiger partial charge in [-0.3, -0.25) is 9.48 Å². The van der Waals surface area contributed by atoms with Gasteiger partial charge in [0.2, 0.25) is 0 Å². The Bertz CT molecular complexity index is 1050. The number of nitrogens with zero attached hydrogens (tertiary/aromatic N) is 4. The topological polar surface area (TPSA) is 79.9 Å². The largest absolute Gasteiger partial charge is 0.495 e. The van der Waals surface area contributed by atoms with E-state index in [4.69, 9.17) is 14.2 Å². The number of methoxy groups -OCH3 is 3. The van der Waals surface area contributed by atoms with Gasteiger partial charge in [0.15, 0.2) is 4.80 Å². The molecule has 2 heterocycles. The number of fused-ring (bicyclic) bond motifs is 1. The Morgan fingerprint density at radius 1 is 1.22 bits per heavy atom. The Morgan fingerprint density at radius 2 is 1.93 bits per heavy atom. The number of benzene rings is 1. The fourth-order valence-electron chi connectivity index (χ4n) is 2.88. The standard InChI is InChI=1S/C18H22N4O4S/c1-11-10-12(21(2)20-11)17(23)19-18-22(8-9-24-3)15-13(25-4)6-7-14(26-5)16(15)27-18/h6-7,10H,8-9H2,1-5H3. The molecular formula is C18H22N4O4S. The lowest BCUT2D eigenvalue weighted by Gasteiger charge is -2.09. The first-order valence-electron chi connectivity index (χ1n) is 8.33. The normalized spacial score (nSPS) is 12.0. The first kappa shape index (κ1) is 19.1. The van der Waals surface area contributed by atoms with Crippen molar-refractivity contribution in [2.45, 2.75) is 13.5 Å². The molecule has 0 fully saturated rings. The molecule has 3 aromatic rings. The van der Waals surface area contributed by atoms with Crippen molar-refractivity contribution >= 4 is 27.5 Å². The molecule has 1 amide bonds. The quantitative estimate of drug-likeness (QED) is 0.644. The van der Waals surface area contributed by atoms with Gasteiger partial charge in [-0.15, -0.1) is 0 Å². The lowest BCUT2D eigenvalue weighted by molar-refractivity contribution is 0.0988. The minimum Gasteiger partial charge on any atom is -0.495 e. The van der Waals surface area contributed by atoms with Crippen LogP contribution in [-0.2, 0) is 18.3 Å². The van der Waals surface area contributed by atoms with E-state index in [0.717, 1.165) is 15.9 Å². The second-order valence-corrected chi connectivity index (χ2v) is 6.87. The van der Waals surface area contributed by atoms with E-state index in [1.807, 2.05) is 23.6 Å². The average Bonchev–Trinajstić information content (AvgIpc) is 3.18. The van der Waals surface area contributed by atoms with Crippen LogP contribution in [0.1, 0.15) is 16.2 Å². The number of carbonyl (C=O) groups excluding carboxylic acids is 1. The molecule has 8 nitrogen and oxygen atoms in total. The Hall–Kier alpha value is -2.65. The summed E-state index contributed by atoms with van der Waals surface area (Å²) in [6.07, 6.45) is 0. The molecular weight excluding hydrogens is 368 g/mol. The van der Waals surface area contributed by atoms with Crippen LogP contribution in [0.15, 0.2) is 23.2 Å². The molecule has 3 rings (SSSR count). The van der Waals surface area contributed by atoms with Crippen LogP contribution in [0.25, 0.3) is 10.2 Å². The highest BCUT2D eigenvalue weighted by Gasteiger charge is 2.17. The van der Waals surface area contributed by atoms with Crippen LogP contribution in [0.5, 0.6) is 11.5 Å². The van der Waals surface area contributed by atoms with Crippen LogP contribution in [-0.4, -0.2) is 48.2 Å². The molecule has 27 heavy (non-hydrogen) atoms. The highest BCUT2D eigenvalue weighted by Crippen LogP contribution is 2.35. The molecule has 0 atom stereocenters. The smallest absolute Gasteiger partial charge is 0.297 e. The van der Waals surface area contributed by atoms with Crippen LogP contribution in [0.3, 0.4) is 0 Å². The predicted molar refractivity (Wildman–Crippen MR) is 103 cm³/mol. The molecule has 144 valence electrons. The zero-order chi connectivity index (χ0) is 19.6. The van der Waals surface area contributed by atoms with Gasteiger partial charge in [0.05, 0.1) is 26.5 Å². The van der Waals surface area contributed by atoms with Crippen LogP contribution in [0.4, 0.5) is 0 Å². The zero-order valence-electron chi connectivity index (χ0n) is 16.0. The molecule has 0 saturated carbocycles. The maximum absolute atomic E-state index is 12.7. The summed E-state index contributed by atoms with van der Waals surface area (Å²) in [4.78, 5) is 17.6. The molecule has 0 spiro atoms. The Morgan fingerprint density at radius 3 is 2.52 bits per heavy atom. The van der Waals surface area contributed by atoms with Gasteiger partial charge in [-0.1, -0.05) is 11.3 Å². The second-order valence-electron chi connectivity index (χ2n) is 5.89. The highest BCUT2D eigenvalue weighted by molar-refractivity contribution is 7.16. The van der Waals surface area contributed by atoms with Crippen molar-refractivity contribution in [3.63, 3.8) is 0 Å². The first-order chi connectivity index (χ1) is 13.0. The van der Waals surface area contributed by atoms with Crippen molar-refractivity contribution in [1.29, 1.82) is 0 Å². The van der Waals surface area contributed by atoms with Crippen molar-refractivity contribution in [3.05, 3.63) is 34.4 Å². The van der Waals surface area contributed by atoms with E-state index in [0.29, 0.717) is 35.1 Å². The van der Waals surface area contributed by atoms with Crippen LogP contribution >= 0.6 is 11.3 Å². The molecule has 0 N–H and O–H groups in total. The number of ether oxygens (including phenoxy) is 3. The third-order valence-electron chi connectivity index (χ3n) is 4.13. The Labute approximate surface area is 160 Å². The number of aryl methyl sites for hydroxylation is 2. The van der Waals surface area contributed by atoms with Gasteiger partial charge in [-0.05, 0) is 25.1 Å². The minimum atomic E-state index is -0.353. The predicted octanol–water partition coefficient (Wildman–Crippen LogP) is 2.15. The summed E-state index contributed by atoms with van der Waals surface area (Å²) < 4.78 is 20.6. The monoisotopic (exact) mass is 390 g/mol. The van der Waals surface area contributed by atoms with Crippen molar-refractivity contribution in [2.24, 2.45) is 12.0 Å². The molecule has 0 unspecified atom stereocenters. The molecule has 0 saturated heterocycles. The lowest BCUT2D eigenvalue weighted by Crippen LogP contribution is -2.20. The summed E-state index contributed by atoms with van der Waals surface area (Å²) in [7, 11) is 6.58. The summed E-state index contributed by atoms with van der Waals surface area (Å²) in [5, 5.41) is 4.22. The third kappa shape index (κ3) is 3.60. The van der Waals surface area contributed by atoms with E-state index in [-0.39, 0.29) is 5.91 Å². The van der Waals surface area contributed by atoms with E-state index in [9.17, 15) is 4.79 Å². The minimum absolute atomic E-state index is 0.353. The third-order valence-corrected chi connectivity index (χ3v) is 5.22. The maximum atomic E-state index is 12.7. The molecule has 0 aliphatic rings. The average molecular weight is 390 g/mol. The van der Waals surface area contributed by atoms with E-state index in [1.165, 1.54) is 16.0 Å². The van der Waals surface area contributed by atoms with Gasteiger partial charge >= 0.3 is 0 Å². The van der Waals surface area contributed by atoms with Crippen molar-refractivity contribution in [1.82, 2.24) is 14.3 Å². The maximum Gasteiger partial charge on any atom is 0.297 e. The fourth-order valence-corrected chi connectivity index (χ4v) is 4.05. The molecule has 0 bridgehead atoms. The Balaban J connectivity index is 2.24.